The molecular weight excluding hydrogens is 488 g/mol. The molecule has 0 aliphatic rings. The number of aromatic nitrogens is 7. The summed E-state index contributed by atoms with van der Waals surface area (Å²) in [7, 11) is 3.21. The van der Waals surface area contributed by atoms with E-state index < -0.39 is 17.3 Å². The fraction of sp³-hybridized carbons (Fsp3) is 0.182. The van der Waals surface area contributed by atoms with E-state index in [0.717, 1.165) is 15.5 Å². The Balaban J connectivity index is 1.53. The van der Waals surface area contributed by atoms with Crippen molar-refractivity contribution in [3.63, 3.8) is 0 Å². The molecule has 5 rings (SSSR count). The predicted molar refractivity (Wildman–Crippen MR) is 134 cm³/mol. The van der Waals surface area contributed by atoms with Crippen molar-refractivity contribution in [3.05, 3.63) is 73.9 Å². The van der Waals surface area contributed by atoms with Crippen molar-refractivity contribution in [1.82, 2.24) is 39.0 Å². The van der Waals surface area contributed by atoms with Crippen LogP contribution in [0.3, 0.4) is 0 Å². The number of primary amides is 1. The number of nitrogens with one attached hydrogen (secondary N) is 3. The molecule has 13 nitrogen and oxygen atoms in total. The third-order valence-corrected chi connectivity index (χ3v) is 6.05. The lowest BCUT2D eigenvalue weighted by molar-refractivity contribution is 0.248. The van der Waals surface area contributed by atoms with E-state index in [2.05, 4.69) is 30.6 Å². The van der Waals surface area contributed by atoms with Gasteiger partial charge >= 0.3 is 11.7 Å². The average Bonchev–Trinajstić information content (AvgIpc) is 3.41. The van der Waals surface area contributed by atoms with Crippen LogP contribution in [0.4, 0.5) is 16.6 Å². The Kier molecular flexibility index (Phi) is 5.68. The van der Waals surface area contributed by atoms with E-state index >= 15 is 0 Å². The van der Waals surface area contributed by atoms with Crippen molar-refractivity contribution in [2.24, 2.45) is 19.8 Å². The molecule has 5 N–H and O–H groups in total. The Hall–Kier alpha value is -4.65. The molecule has 2 amide bonds. The number of aryl methyl sites for hydroxylation is 2. The monoisotopic (exact) mass is 508 g/mol. The molecule has 4 aromatic heterocycles. The first-order valence-corrected chi connectivity index (χ1v) is 11.2. The maximum Gasteiger partial charge on any atom is 0.332 e. The summed E-state index contributed by atoms with van der Waals surface area (Å²) in [6, 6.07) is 8.20. The molecule has 0 saturated heterocycles. The highest BCUT2D eigenvalue weighted by atomic mass is 35.5. The molecule has 0 fully saturated rings. The first-order valence-electron chi connectivity index (χ1n) is 10.8. The van der Waals surface area contributed by atoms with E-state index in [-0.39, 0.29) is 24.3 Å². The minimum atomic E-state index is -0.694. The lowest BCUT2D eigenvalue weighted by Gasteiger charge is -2.08. The third kappa shape index (κ3) is 4.05. The van der Waals surface area contributed by atoms with Gasteiger partial charge in [-0.3, -0.25) is 13.9 Å². The smallest absolute Gasteiger partial charge is 0.332 e. The summed E-state index contributed by atoms with van der Waals surface area (Å²) in [5.41, 5.74) is 6.02. The minimum absolute atomic E-state index is 0.0303. The van der Waals surface area contributed by atoms with Gasteiger partial charge in [-0.15, -0.1) is 0 Å². The number of hydrogen-bond acceptors (Lipinski definition) is 7. The summed E-state index contributed by atoms with van der Waals surface area (Å²) in [6.45, 7) is 0.0775. The number of aromatic amines is 1. The number of benzene rings is 1. The van der Waals surface area contributed by atoms with E-state index in [9.17, 15) is 14.4 Å². The van der Waals surface area contributed by atoms with Gasteiger partial charge in [0.1, 0.15) is 11.6 Å². The second-order valence-corrected chi connectivity index (χ2v) is 8.50. The number of nitrogens with zero attached hydrogens (tertiary/aromatic N) is 6. The van der Waals surface area contributed by atoms with E-state index in [4.69, 9.17) is 17.3 Å². The van der Waals surface area contributed by atoms with Crippen LogP contribution in [0, 0.1) is 0 Å². The summed E-state index contributed by atoms with van der Waals surface area (Å²) < 4.78 is 4.02. The number of fused-ring (bicyclic) bond motifs is 2. The van der Waals surface area contributed by atoms with Gasteiger partial charge in [-0.2, -0.15) is 4.98 Å². The first-order chi connectivity index (χ1) is 17.2. The SMILES string of the molecule is Cn1c(Nc2ccnc(CNC(N)=O)n2)nc2c1c(=O)n(Cc1cc3c(Cl)cccc3[nH]1)c(=O)n2C. The van der Waals surface area contributed by atoms with Crippen molar-refractivity contribution >= 4 is 51.5 Å². The molecule has 14 heteroatoms. The summed E-state index contributed by atoms with van der Waals surface area (Å²) >= 11 is 6.26. The summed E-state index contributed by atoms with van der Waals surface area (Å²) in [5.74, 6) is 0.996. The molecule has 184 valence electrons. The Morgan fingerprint density at radius 2 is 1.97 bits per heavy atom. The number of carbonyl (C=O) groups excluding carboxylic acids is 1. The number of H-pyrrole nitrogens is 1. The Morgan fingerprint density at radius 3 is 2.72 bits per heavy atom. The number of imidazole rings is 1. The van der Waals surface area contributed by atoms with Gasteiger partial charge in [0, 0.05) is 41.9 Å². The zero-order chi connectivity index (χ0) is 25.6. The highest BCUT2D eigenvalue weighted by molar-refractivity contribution is 6.35. The second kappa shape index (κ2) is 8.85. The van der Waals surface area contributed by atoms with Crippen LogP contribution in [0.5, 0.6) is 0 Å². The number of nitrogens with two attached hydrogens (primary N) is 1. The molecular formula is C22H21ClN10O3. The van der Waals surface area contributed by atoms with Crippen molar-refractivity contribution in [2.75, 3.05) is 5.32 Å². The molecule has 36 heavy (non-hydrogen) atoms. The maximum absolute atomic E-state index is 13.4. The third-order valence-electron chi connectivity index (χ3n) is 5.72. The number of amides is 2. The number of hydrogen-bond donors (Lipinski definition) is 4. The summed E-state index contributed by atoms with van der Waals surface area (Å²) in [4.78, 5) is 53.5. The molecule has 0 aliphatic carbocycles. The molecule has 0 unspecified atom stereocenters. The molecule has 0 radical (unpaired) electrons. The van der Waals surface area contributed by atoms with Crippen molar-refractivity contribution in [3.8, 4) is 0 Å². The Labute approximate surface area is 207 Å². The number of halogens is 1. The second-order valence-electron chi connectivity index (χ2n) is 8.10. The van der Waals surface area contributed by atoms with Crippen molar-refractivity contribution in [1.29, 1.82) is 0 Å². The molecule has 5 aromatic rings. The number of anilines is 2. The van der Waals surface area contributed by atoms with Crippen molar-refractivity contribution < 1.29 is 4.79 Å². The molecule has 0 saturated carbocycles. The van der Waals surface area contributed by atoms with Gasteiger partial charge < -0.3 is 25.9 Å². The standard InChI is InChI=1S/C22H21ClN10O3/c1-31-17-18(30-21(31)29-15-6-7-25-16(28-15)9-26-20(24)35)32(2)22(36)33(19(17)34)10-11-8-12-13(23)4-3-5-14(12)27-11/h3-8,27H,9-10H2,1-2H3,(H3,24,26,35)(H,25,28,29,30). The average molecular weight is 509 g/mol. The van der Waals surface area contributed by atoms with Gasteiger partial charge in [-0.05, 0) is 24.3 Å². The quantitative estimate of drug-likeness (QED) is 0.268. The fourth-order valence-corrected chi connectivity index (χ4v) is 4.19. The molecule has 0 bridgehead atoms. The molecule has 1 aromatic carbocycles. The molecule has 4 heterocycles. The van der Waals surface area contributed by atoms with Crippen LogP contribution in [0.2, 0.25) is 5.02 Å². The van der Waals surface area contributed by atoms with Gasteiger partial charge in [-0.1, -0.05) is 17.7 Å². The zero-order valence-electron chi connectivity index (χ0n) is 19.2. The van der Waals surface area contributed by atoms with Gasteiger partial charge in [0.05, 0.1) is 13.1 Å². The van der Waals surface area contributed by atoms with E-state index in [1.807, 2.05) is 18.2 Å². The number of rotatable bonds is 6. The van der Waals surface area contributed by atoms with Crippen LogP contribution >= 0.6 is 11.6 Å². The van der Waals surface area contributed by atoms with E-state index in [1.54, 1.807) is 30.8 Å². The topological polar surface area (TPSA) is 171 Å². The summed E-state index contributed by atoms with van der Waals surface area (Å²) in [6.07, 6.45) is 1.51. The highest BCUT2D eigenvalue weighted by Crippen LogP contribution is 2.24. The van der Waals surface area contributed by atoms with Gasteiger partial charge in [0.15, 0.2) is 11.2 Å². The van der Waals surface area contributed by atoms with Gasteiger partial charge in [0.2, 0.25) is 5.95 Å². The van der Waals surface area contributed by atoms with E-state index in [1.165, 1.54) is 10.8 Å². The van der Waals surface area contributed by atoms with Crippen LogP contribution in [0.25, 0.3) is 22.1 Å². The Bertz CT molecular complexity index is 1760. The molecule has 0 aliphatic heterocycles. The van der Waals surface area contributed by atoms with Gasteiger partial charge in [0.25, 0.3) is 5.56 Å². The van der Waals surface area contributed by atoms with Crippen LogP contribution in [-0.2, 0) is 27.2 Å². The highest BCUT2D eigenvalue weighted by Gasteiger charge is 2.20. The van der Waals surface area contributed by atoms with Gasteiger partial charge in [-0.25, -0.2) is 19.6 Å². The largest absolute Gasteiger partial charge is 0.357 e. The van der Waals surface area contributed by atoms with Crippen molar-refractivity contribution in [2.45, 2.75) is 13.1 Å². The zero-order valence-corrected chi connectivity index (χ0v) is 20.0. The number of urea groups is 1. The maximum atomic E-state index is 13.4. The lowest BCUT2D eigenvalue weighted by atomic mass is 10.2. The number of carbonyl (C=O) groups is 1. The van der Waals surface area contributed by atoms with Crippen LogP contribution in [-0.4, -0.2) is 39.7 Å². The normalized spacial score (nSPS) is 11.3. The predicted octanol–water partition coefficient (Wildman–Crippen LogP) is 1.32. The minimum Gasteiger partial charge on any atom is -0.357 e. The summed E-state index contributed by atoms with van der Waals surface area (Å²) in [5, 5.41) is 6.83. The molecule has 0 spiro atoms. The molecule has 0 atom stereocenters. The first kappa shape index (κ1) is 23.1. The lowest BCUT2D eigenvalue weighted by Crippen LogP contribution is -2.39. The van der Waals surface area contributed by atoms with Crippen LogP contribution in [0.1, 0.15) is 11.5 Å². The fourth-order valence-electron chi connectivity index (χ4n) is 3.96. The van der Waals surface area contributed by atoms with E-state index in [0.29, 0.717) is 28.3 Å². The van der Waals surface area contributed by atoms with Crippen LogP contribution in [0.15, 0.2) is 46.1 Å². The Morgan fingerprint density at radius 1 is 1.17 bits per heavy atom. The van der Waals surface area contributed by atoms with Crippen LogP contribution < -0.4 is 27.6 Å².